The van der Waals surface area contributed by atoms with E-state index >= 15 is 0 Å². The molecule has 0 unspecified atom stereocenters. The van der Waals surface area contributed by atoms with Crippen molar-refractivity contribution in [2.24, 2.45) is 4.99 Å². The maximum Gasteiger partial charge on any atom is 0.228 e. The molecule has 0 saturated heterocycles. The number of guanidine groups is 1. The van der Waals surface area contributed by atoms with Crippen LogP contribution in [0.15, 0.2) is 9.52 Å². The summed E-state index contributed by atoms with van der Waals surface area (Å²) < 4.78 is 10.6. The maximum atomic E-state index is 5.37. The smallest absolute Gasteiger partial charge is 0.228 e. The first-order valence-electron chi connectivity index (χ1n) is 7.77. The molecule has 126 valence electrons. The minimum Gasteiger partial charge on any atom is -0.377 e. The van der Waals surface area contributed by atoms with E-state index in [4.69, 9.17) is 9.26 Å². The van der Waals surface area contributed by atoms with Crippen molar-refractivity contribution in [3.63, 3.8) is 0 Å². The average molecular weight is 311 g/mol. The molecule has 0 fully saturated rings. The molecule has 1 aromatic rings. The molecule has 0 atom stereocenters. The molecule has 0 aliphatic carbocycles. The van der Waals surface area contributed by atoms with Gasteiger partial charge in [0, 0.05) is 32.5 Å². The first kappa shape index (κ1) is 18.4. The highest BCUT2D eigenvalue weighted by atomic mass is 16.5. The van der Waals surface area contributed by atoms with Crippen molar-refractivity contribution in [2.45, 2.75) is 52.6 Å². The normalized spacial score (nSPS) is 12.8. The zero-order chi connectivity index (χ0) is 16.6. The van der Waals surface area contributed by atoms with Gasteiger partial charge in [-0.2, -0.15) is 4.98 Å². The fourth-order valence-corrected chi connectivity index (χ4v) is 1.57. The van der Waals surface area contributed by atoms with Crippen molar-refractivity contribution in [2.75, 3.05) is 26.7 Å². The quantitative estimate of drug-likeness (QED) is 0.562. The van der Waals surface area contributed by atoms with Crippen LogP contribution < -0.4 is 10.6 Å². The molecule has 0 aromatic carbocycles. The molecule has 7 heteroatoms. The predicted octanol–water partition coefficient (Wildman–Crippen LogP) is 1.72. The van der Waals surface area contributed by atoms with Crippen LogP contribution in [0.25, 0.3) is 0 Å². The van der Waals surface area contributed by atoms with Gasteiger partial charge >= 0.3 is 0 Å². The summed E-state index contributed by atoms with van der Waals surface area (Å²) in [5.74, 6) is 2.43. The van der Waals surface area contributed by atoms with Gasteiger partial charge in [0.1, 0.15) is 0 Å². The lowest BCUT2D eigenvalue weighted by Crippen LogP contribution is -2.40. The topological polar surface area (TPSA) is 84.6 Å². The number of hydrogen-bond acceptors (Lipinski definition) is 5. The Kier molecular flexibility index (Phi) is 7.31. The Morgan fingerprint density at radius 2 is 2.09 bits per heavy atom. The van der Waals surface area contributed by atoms with Crippen molar-refractivity contribution in [3.8, 4) is 0 Å². The van der Waals surface area contributed by atoms with E-state index in [-0.39, 0.29) is 11.5 Å². The molecule has 1 aromatic heterocycles. The summed E-state index contributed by atoms with van der Waals surface area (Å²) in [5, 5.41) is 10.4. The van der Waals surface area contributed by atoms with Gasteiger partial charge in [0.25, 0.3) is 0 Å². The van der Waals surface area contributed by atoms with Gasteiger partial charge in [-0.15, -0.1) is 0 Å². The summed E-state index contributed by atoms with van der Waals surface area (Å²) in [5.41, 5.74) is -0.277. The minimum absolute atomic E-state index is 0.277. The standard InChI is InChI=1S/C15H29N5O2/c1-7-16-14(18-10-15(4,5)21-6)17-9-8-12-19-13(11(2)3)20-22-12/h11H,7-10H2,1-6H3,(H2,16,17,18). The average Bonchev–Trinajstić information content (AvgIpc) is 2.94. The molecule has 0 aliphatic heterocycles. The van der Waals surface area contributed by atoms with E-state index in [0.29, 0.717) is 25.4 Å². The minimum atomic E-state index is -0.277. The Labute approximate surface area is 132 Å². The SMILES string of the molecule is CCNC(=NCC(C)(C)OC)NCCc1nc(C(C)C)no1. The number of aromatic nitrogens is 2. The fraction of sp³-hybridized carbons (Fsp3) is 0.800. The van der Waals surface area contributed by atoms with E-state index < -0.39 is 0 Å². The molecule has 0 amide bonds. The lowest BCUT2D eigenvalue weighted by Gasteiger charge is -2.21. The molecule has 22 heavy (non-hydrogen) atoms. The highest BCUT2D eigenvalue weighted by Crippen LogP contribution is 2.09. The Balaban J connectivity index is 2.48. The van der Waals surface area contributed by atoms with Gasteiger partial charge in [0.15, 0.2) is 11.8 Å². The number of hydrogen-bond donors (Lipinski definition) is 2. The van der Waals surface area contributed by atoms with E-state index in [1.165, 1.54) is 0 Å². The third kappa shape index (κ3) is 6.43. The van der Waals surface area contributed by atoms with Crippen LogP contribution in [0.2, 0.25) is 0 Å². The van der Waals surface area contributed by atoms with Crippen LogP contribution in [-0.4, -0.2) is 48.4 Å². The number of nitrogens with one attached hydrogen (secondary N) is 2. The number of methoxy groups -OCH3 is 1. The van der Waals surface area contributed by atoms with Gasteiger partial charge in [-0.25, -0.2) is 0 Å². The number of aliphatic imine (C=N–C) groups is 1. The van der Waals surface area contributed by atoms with Crippen molar-refractivity contribution >= 4 is 5.96 Å². The lowest BCUT2D eigenvalue weighted by atomic mass is 10.1. The first-order chi connectivity index (χ1) is 10.4. The van der Waals surface area contributed by atoms with Crippen LogP contribution >= 0.6 is 0 Å². The number of rotatable bonds is 8. The summed E-state index contributed by atoms with van der Waals surface area (Å²) in [6.07, 6.45) is 0.664. The fourth-order valence-electron chi connectivity index (χ4n) is 1.57. The molecule has 0 saturated carbocycles. The van der Waals surface area contributed by atoms with E-state index in [9.17, 15) is 0 Å². The second kappa shape index (κ2) is 8.73. The van der Waals surface area contributed by atoms with Gasteiger partial charge in [0.05, 0.1) is 12.1 Å². The summed E-state index contributed by atoms with van der Waals surface area (Å²) in [6, 6.07) is 0. The third-order valence-corrected chi connectivity index (χ3v) is 3.15. The summed E-state index contributed by atoms with van der Waals surface area (Å²) in [6.45, 7) is 12.2. The highest BCUT2D eigenvalue weighted by Gasteiger charge is 2.15. The van der Waals surface area contributed by atoms with Gasteiger partial charge in [-0.05, 0) is 20.8 Å². The van der Waals surface area contributed by atoms with E-state index in [1.807, 2.05) is 34.6 Å². The third-order valence-electron chi connectivity index (χ3n) is 3.15. The van der Waals surface area contributed by atoms with Crippen LogP contribution in [0.4, 0.5) is 0 Å². The Morgan fingerprint density at radius 1 is 1.36 bits per heavy atom. The molecule has 0 spiro atoms. The van der Waals surface area contributed by atoms with Gasteiger partial charge < -0.3 is 19.9 Å². The predicted molar refractivity (Wildman–Crippen MR) is 87.2 cm³/mol. The number of ether oxygens (including phenoxy) is 1. The monoisotopic (exact) mass is 311 g/mol. The Morgan fingerprint density at radius 3 is 2.64 bits per heavy atom. The zero-order valence-corrected chi connectivity index (χ0v) is 14.6. The Hall–Kier alpha value is -1.63. The molecule has 0 radical (unpaired) electrons. The van der Waals surface area contributed by atoms with Gasteiger partial charge in [-0.1, -0.05) is 19.0 Å². The molecule has 0 bridgehead atoms. The molecule has 1 heterocycles. The highest BCUT2D eigenvalue weighted by molar-refractivity contribution is 5.79. The number of nitrogens with zero attached hydrogens (tertiary/aromatic N) is 3. The van der Waals surface area contributed by atoms with Crippen molar-refractivity contribution in [1.82, 2.24) is 20.8 Å². The largest absolute Gasteiger partial charge is 0.377 e. The van der Waals surface area contributed by atoms with Crippen molar-refractivity contribution in [1.29, 1.82) is 0 Å². The summed E-state index contributed by atoms with van der Waals surface area (Å²) in [4.78, 5) is 8.88. The molecule has 2 N–H and O–H groups in total. The van der Waals surface area contributed by atoms with Crippen molar-refractivity contribution in [3.05, 3.63) is 11.7 Å². The molecular formula is C15H29N5O2. The van der Waals surface area contributed by atoms with E-state index in [1.54, 1.807) is 7.11 Å². The zero-order valence-electron chi connectivity index (χ0n) is 14.6. The van der Waals surface area contributed by atoms with Crippen LogP contribution in [0.3, 0.4) is 0 Å². The van der Waals surface area contributed by atoms with Crippen LogP contribution in [0.5, 0.6) is 0 Å². The molecule has 0 aliphatic rings. The summed E-state index contributed by atoms with van der Waals surface area (Å²) >= 11 is 0. The van der Waals surface area contributed by atoms with E-state index in [0.717, 1.165) is 18.3 Å². The molecular weight excluding hydrogens is 282 g/mol. The Bertz CT molecular complexity index is 468. The summed E-state index contributed by atoms with van der Waals surface area (Å²) in [7, 11) is 1.69. The van der Waals surface area contributed by atoms with Crippen molar-refractivity contribution < 1.29 is 9.26 Å². The maximum absolute atomic E-state index is 5.37. The van der Waals surface area contributed by atoms with Crippen LogP contribution in [-0.2, 0) is 11.2 Å². The van der Waals surface area contributed by atoms with Crippen LogP contribution in [0.1, 0.15) is 52.3 Å². The van der Waals surface area contributed by atoms with Gasteiger partial charge in [0.2, 0.25) is 5.89 Å². The van der Waals surface area contributed by atoms with E-state index in [2.05, 4.69) is 25.8 Å². The molecule has 1 rings (SSSR count). The first-order valence-corrected chi connectivity index (χ1v) is 7.77. The second-order valence-electron chi connectivity index (χ2n) is 6.04. The second-order valence-corrected chi connectivity index (χ2v) is 6.04. The lowest BCUT2D eigenvalue weighted by molar-refractivity contribution is 0.0310. The van der Waals surface area contributed by atoms with Gasteiger partial charge in [-0.3, -0.25) is 4.99 Å². The van der Waals surface area contributed by atoms with Crippen LogP contribution in [0, 0.1) is 0 Å². The molecule has 7 nitrogen and oxygen atoms in total.